The Balaban J connectivity index is 1.46. The van der Waals surface area contributed by atoms with Crippen molar-refractivity contribution >= 4 is 10.9 Å². The molecule has 2 aromatic heterocycles. The van der Waals surface area contributed by atoms with Gasteiger partial charge in [0.2, 0.25) is 5.88 Å². The van der Waals surface area contributed by atoms with E-state index in [1.165, 1.54) is 6.07 Å². The van der Waals surface area contributed by atoms with Crippen LogP contribution in [0.25, 0.3) is 22.2 Å². The van der Waals surface area contributed by atoms with Crippen molar-refractivity contribution in [2.75, 3.05) is 13.2 Å². The van der Waals surface area contributed by atoms with Gasteiger partial charge < -0.3 is 19.2 Å². The van der Waals surface area contributed by atoms with Crippen molar-refractivity contribution in [1.29, 1.82) is 0 Å². The van der Waals surface area contributed by atoms with Gasteiger partial charge in [-0.1, -0.05) is 12.1 Å². The molecule has 4 rings (SSSR count). The van der Waals surface area contributed by atoms with Gasteiger partial charge in [-0.05, 0) is 46.1 Å². The van der Waals surface area contributed by atoms with Gasteiger partial charge in [-0.2, -0.15) is 0 Å². The van der Waals surface area contributed by atoms with E-state index in [0.29, 0.717) is 29.4 Å². The molecule has 0 amide bonds. The zero-order chi connectivity index (χ0) is 20.4. The van der Waals surface area contributed by atoms with Crippen LogP contribution in [0.2, 0.25) is 0 Å². The molecule has 7 heteroatoms. The predicted octanol–water partition coefficient (Wildman–Crippen LogP) is 4.77. The van der Waals surface area contributed by atoms with E-state index < -0.39 is 5.60 Å². The van der Waals surface area contributed by atoms with Crippen LogP contribution in [0, 0.1) is 12.7 Å². The Bertz CT molecular complexity index is 996. The average molecular weight is 399 g/mol. The van der Waals surface area contributed by atoms with Crippen LogP contribution in [0.5, 0.6) is 5.88 Å². The number of H-pyrrole nitrogens is 1. The molecule has 29 heavy (non-hydrogen) atoms. The molecule has 0 spiro atoms. The first kappa shape index (κ1) is 19.8. The number of benzene rings is 1. The summed E-state index contributed by atoms with van der Waals surface area (Å²) in [6.07, 6.45) is 6.32. The molecular weight excluding hydrogens is 373 g/mol. The molecule has 0 aliphatic carbocycles. The van der Waals surface area contributed by atoms with E-state index in [2.05, 4.69) is 15.0 Å². The standard InChI is InChI=1S/C22H26FN3O3/c1-14-21(28-13-22(2,3)29-19-9-4-5-10-27-19)25-12-18(26-14)16-11-24-20-15(16)7-6-8-17(20)23/h6-8,11-12,19,24H,4-5,9-10,13H2,1-3H3. The molecule has 1 aromatic carbocycles. The van der Waals surface area contributed by atoms with Crippen LogP contribution in [-0.2, 0) is 9.47 Å². The fraction of sp³-hybridized carbons (Fsp3) is 0.455. The molecule has 1 atom stereocenters. The molecule has 1 aliphatic rings. The first-order valence-electron chi connectivity index (χ1n) is 9.95. The molecule has 0 saturated carbocycles. The highest BCUT2D eigenvalue weighted by molar-refractivity contribution is 5.94. The van der Waals surface area contributed by atoms with Crippen molar-refractivity contribution in [3.8, 4) is 17.1 Å². The largest absolute Gasteiger partial charge is 0.473 e. The van der Waals surface area contributed by atoms with Gasteiger partial charge in [0.15, 0.2) is 6.29 Å². The van der Waals surface area contributed by atoms with Crippen LogP contribution in [-0.4, -0.2) is 40.1 Å². The van der Waals surface area contributed by atoms with Crippen LogP contribution in [0.15, 0.2) is 30.6 Å². The quantitative estimate of drug-likeness (QED) is 0.646. The van der Waals surface area contributed by atoms with Crippen molar-refractivity contribution < 1.29 is 18.6 Å². The summed E-state index contributed by atoms with van der Waals surface area (Å²) in [5.41, 5.74) is 2.09. The third-order valence-electron chi connectivity index (χ3n) is 4.99. The molecule has 154 valence electrons. The number of para-hydroxylation sites is 1. The molecule has 1 saturated heterocycles. The average Bonchev–Trinajstić information content (AvgIpc) is 3.13. The maximum Gasteiger partial charge on any atom is 0.235 e. The van der Waals surface area contributed by atoms with Gasteiger partial charge >= 0.3 is 0 Å². The maximum atomic E-state index is 13.9. The molecule has 6 nitrogen and oxygen atoms in total. The molecule has 3 aromatic rings. The van der Waals surface area contributed by atoms with E-state index in [4.69, 9.17) is 14.2 Å². The number of rotatable bonds is 6. The molecule has 1 unspecified atom stereocenters. The minimum Gasteiger partial charge on any atom is -0.473 e. The van der Waals surface area contributed by atoms with Gasteiger partial charge in [0, 0.05) is 23.8 Å². The summed E-state index contributed by atoms with van der Waals surface area (Å²) in [6.45, 7) is 6.87. The van der Waals surface area contributed by atoms with Crippen LogP contribution in [0.1, 0.15) is 38.8 Å². The highest BCUT2D eigenvalue weighted by Gasteiger charge is 2.27. The number of ether oxygens (including phenoxy) is 3. The number of halogens is 1. The Kier molecular flexibility index (Phi) is 5.52. The van der Waals surface area contributed by atoms with E-state index in [0.717, 1.165) is 36.8 Å². The van der Waals surface area contributed by atoms with Crippen molar-refractivity contribution in [3.05, 3.63) is 42.1 Å². The molecule has 1 N–H and O–H groups in total. The van der Waals surface area contributed by atoms with Crippen LogP contribution in [0.3, 0.4) is 0 Å². The normalized spacial score (nSPS) is 17.6. The highest BCUT2D eigenvalue weighted by atomic mass is 19.1. The van der Waals surface area contributed by atoms with E-state index in [1.54, 1.807) is 18.5 Å². The first-order chi connectivity index (χ1) is 13.9. The summed E-state index contributed by atoms with van der Waals surface area (Å²) in [7, 11) is 0. The number of nitrogens with zero attached hydrogens (tertiary/aromatic N) is 2. The van der Waals surface area contributed by atoms with Crippen molar-refractivity contribution in [3.63, 3.8) is 0 Å². The van der Waals surface area contributed by atoms with E-state index in [1.807, 2.05) is 26.8 Å². The molecule has 1 fully saturated rings. The lowest BCUT2D eigenvalue weighted by molar-refractivity contribution is -0.221. The van der Waals surface area contributed by atoms with Gasteiger partial charge in [-0.3, -0.25) is 0 Å². The zero-order valence-electron chi connectivity index (χ0n) is 17.0. The van der Waals surface area contributed by atoms with Crippen LogP contribution in [0.4, 0.5) is 4.39 Å². The third kappa shape index (κ3) is 4.41. The second-order valence-corrected chi connectivity index (χ2v) is 7.97. The Morgan fingerprint density at radius 3 is 2.93 bits per heavy atom. The van der Waals surface area contributed by atoms with Crippen molar-refractivity contribution in [2.24, 2.45) is 0 Å². The topological polar surface area (TPSA) is 69.3 Å². The van der Waals surface area contributed by atoms with Crippen molar-refractivity contribution in [2.45, 2.75) is 51.9 Å². The first-order valence-corrected chi connectivity index (χ1v) is 9.95. The van der Waals surface area contributed by atoms with Crippen LogP contribution < -0.4 is 4.74 Å². The Hall–Kier alpha value is -2.51. The number of hydrogen-bond acceptors (Lipinski definition) is 5. The molecule has 3 heterocycles. The van der Waals surface area contributed by atoms with Gasteiger partial charge in [-0.25, -0.2) is 14.4 Å². The summed E-state index contributed by atoms with van der Waals surface area (Å²) >= 11 is 0. The Labute approximate surface area is 169 Å². The fourth-order valence-electron chi connectivity index (χ4n) is 3.51. The summed E-state index contributed by atoms with van der Waals surface area (Å²) < 4.78 is 31.5. The number of nitrogens with one attached hydrogen (secondary N) is 1. The molecule has 0 bridgehead atoms. The highest BCUT2D eigenvalue weighted by Crippen LogP contribution is 2.30. The minimum atomic E-state index is -0.511. The van der Waals surface area contributed by atoms with E-state index in [-0.39, 0.29) is 12.1 Å². The lowest BCUT2D eigenvalue weighted by atomic mass is 10.1. The van der Waals surface area contributed by atoms with Gasteiger partial charge in [0.05, 0.1) is 23.0 Å². The Morgan fingerprint density at radius 1 is 1.31 bits per heavy atom. The number of aromatic nitrogens is 3. The van der Waals surface area contributed by atoms with Gasteiger partial charge in [0.25, 0.3) is 0 Å². The monoisotopic (exact) mass is 399 g/mol. The molecular formula is C22H26FN3O3. The van der Waals surface area contributed by atoms with Crippen molar-refractivity contribution in [1.82, 2.24) is 15.0 Å². The Morgan fingerprint density at radius 2 is 2.17 bits per heavy atom. The number of aromatic amines is 1. The summed E-state index contributed by atoms with van der Waals surface area (Å²) in [5, 5.41) is 0.773. The van der Waals surface area contributed by atoms with E-state index >= 15 is 0 Å². The fourth-order valence-corrected chi connectivity index (χ4v) is 3.51. The summed E-state index contributed by atoms with van der Waals surface area (Å²) in [4.78, 5) is 12.0. The minimum absolute atomic E-state index is 0.181. The summed E-state index contributed by atoms with van der Waals surface area (Å²) in [6, 6.07) is 4.97. The predicted molar refractivity (Wildman–Crippen MR) is 108 cm³/mol. The smallest absolute Gasteiger partial charge is 0.235 e. The third-order valence-corrected chi connectivity index (χ3v) is 4.99. The second kappa shape index (κ2) is 8.08. The number of hydrogen-bond donors (Lipinski definition) is 1. The second-order valence-electron chi connectivity index (χ2n) is 7.97. The molecule has 0 radical (unpaired) electrons. The maximum absolute atomic E-state index is 13.9. The summed E-state index contributed by atoms with van der Waals surface area (Å²) in [5.74, 6) is 0.170. The SMILES string of the molecule is Cc1nc(-c2c[nH]c3c(F)cccc23)cnc1OCC(C)(C)OC1CCCCO1. The number of aryl methyl sites for hydroxylation is 1. The lowest BCUT2D eigenvalue weighted by Gasteiger charge is -2.32. The van der Waals surface area contributed by atoms with Crippen LogP contribution >= 0.6 is 0 Å². The van der Waals surface area contributed by atoms with Gasteiger partial charge in [0.1, 0.15) is 18.1 Å². The number of fused-ring (bicyclic) bond motifs is 1. The molecule has 1 aliphatic heterocycles. The zero-order valence-corrected chi connectivity index (χ0v) is 17.0. The van der Waals surface area contributed by atoms with Gasteiger partial charge in [-0.15, -0.1) is 0 Å². The van der Waals surface area contributed by atoms with E-state index in [9.17, 15) is 4.39 Å². The lowest BCUT2D eigenvalue weighted by Crippen LogP contribution is -2.39.